The Balaban J connectivity index is 1.65. The third-order valence-corrected chi connectivity index (χ3v) is 3.98. The number of nitrogens with one attached hydrogen (secondary N) is 1. The lowest BCUT2D eigenvalue weighted by molar-refractivity contribution is 0.461. The van der Waals surface area contributed by atoms with Crippen LogP contribution in [0.15, 0.2) is 71.9 Å². The van der Waals surface area contributed by atoms with E-state index in [0.29, 0.717) is 18.4 Å². The number of aryl methyl sites for hydroxylation is 2. The van der Waals surface area contributed by atoms with Crippen molar-refractivity contribution >= 4 is 11.6 Å². The number of para-hydroxylation sites is 1. The second kappa shape index (κ2) is 8.16. The number of ether oxygens (including phenoxy) is 1. The van der Waals surface area contributed by atoms with E-state index in [4.69, 9.17) is 10.5 Å². The molecule has 0 unspecified atom stereocenters. The van der Waals surface area contributed by atoms with Crippen molar-refractivity contribution in [3.05, 3.63) is 83.6 Å². The van der Waals surface area contributed by atoms with Gasteiger partial charge in [-0.15, -0.1) is 0 Å². The molecule has 0 saturated carbocycles. The molecule has 3 aromatic rings. The molecule has 3 rings (SSSR count). The monoisotopic (exact) mass is 346 g/mol. The van der Waals surface area contributed by atoms with Crippen LogP contribution in [0.5, 0.6) is 11.6 Å². The molecule has 0 aliphatic heterocycles. The molecule has 0 radical (unpaired) electrons. The van der Waals surface area contributed by atoms with Gasteiger partial charge in [0.05, 0.1) is 6.54 Å². The van der Waals surface area contributed by atoms with Gasteiger partial charge < -0.3 is 15.8 Å². The van der Waals surface area contributed by atoms with Crippen molar-refractivity contribution in [1.29, 1.82) is 0 Å². The third-order valence-electron chi connectivity index (χ3n) is 3.98. The molecule has 0 spiro atoms. The highest BCUT2D eigenvalue weighted by Crippen LogP contribution is 2.22. The number of nitrogens with two attached hydrogens (primary N) is 1. The zero-order valence-electron chi connectivity index (χ0n) is 14.9. The smallest absolute Gasteiger partial charge is 0.219 e. The molecule has 0 aliphatic rings. The van der Waals surface area contributed by atoms with Gasteiger partial charge in [0.2, 0.25) is 5.88 Å². The average Bonchev–Trinajstić information content (AvgIpc) is 2.64. The Morgan fingerprint density at radius 3 is 2.62 bits per heavy atom. The van der Waals surface area contributed by atoms with Gasteiger partial charge in [-0.25, -0.2) is 9.98 Å². The molecule has 0 saturated heterocycles. The Labute approximate surface area is 153 Å². The molecule has 5 heteroatoms. The fourth-order valence-corrected chi connectivity index (χ4v) is 2.39. The first-order valence-corrected chi connectivity index (χ1v) is 8.42. The lowest BCUT2D eigenvalue weighted by Crippen LogP contribution is -2.22. The first-order chi connectivity index (χ1) is 12.6. The number of nitrogens with zero attached hydrogens (tertiary/aromatic N) is 2. The number of aliphatic imine (C=N–C) groups is 1. The summed E-state index contributed by atoms with van der Waals surface area (Å²) in [5.74, 6) is 1.67. The Morgan fingerprint density at radius 1 is 1.04 bits per heavy atom. The number of hydrogen-bond donors (Lipinski definition) is 2. The van der Waals surface area contributed by atoms with E-state index >= 15 is 0 Å². The Morgan fingerprint density at radius 2 is 1.85 bits per heavy atom. The molecule has 2 aromatic carbocycles. The van der Waals surface area contributed by atoms with E-state index in [9.17, 15) is 0 Å². The van der Waals surface area contributed by atoms with Crippen molar-refractivity contribution in [1.82, 2.24) is 4.98 Å². The van der Waals surface area contributed by atoms with E-state index in [1.165, 1.54) is 11.1 Å². The third kappa shape index (κ3) is 4.83. The van der Waals surface area contributed by atoms with E-state index in [1.54, 1.807) is 6.20 Å². The molecule has 1 aromatic heterocycles. The predicted octanol–water partition coefficient (Wildman–Crippen LogP) is 4.42. The maximum Gasteiger partial charge on any atom is 0.219 e. The summed E-state index contributed by atoms with van der Waals surface area (Å²) in [6.07, 6.45) is 1.71. The van der Waals surface area contributed by atoms with Gasteiger partial charge in [0.1, 0.15) is 5.75 Å². The van der Waals surface area contributed by atoms with Gasteiger partial charge in [0.15, 0.2) is 5.96 Å². The van der Waals surface area contributed by atoms with Gasteiger partial charge in [-0.1, -0.05) is 24.3 Å². The van der Waals surface area contributed by atoms with Crippen LogP contribution < -0.4 is 15.8 Å². The molecule has 0 bridgehead atoms. The second-order valence-corrected chi connectivity index (χ2v) is 6.04. The number of hydrogen-bond acceptors (Lipinski definition) is 3. The van der Waals surface area contributed by atoms with Crippen LogP contribution >= 0.6 is 0 Å². The fourth-order valence-electron chi connectivity index (χ4n) is 2.39. The zero-order valence-corrected chi connectivity index (χ0v) is 14.9. The van der Waals surface area contributed by atoms with Gasteiger partial charge >= 0.3 is 0 Å². The summed E-state index contributed by atoms with van der Waals surface area (Å²) in [7, 11) is 0. The highest BCUT2D eigenvalue weighted by molar-refractivity contribution is 5.92. The Kier molecular flexibility index (Phi) is 5.49. The fraction of sp³-hybridized carbons (Fsp3) is 0.143. The quantitative estimate of drug-likeness (QED) is 0.530. The van der Waals surface area contributed by atoms with Crippen LogP contribution in [0.4, 0.5) is 5.69 Å². The molecule has 0 atom stereocenters. The van der Waals surface area contributed by atoms with E-state index in [0.717, 1.165) is 17.0 Å². The van der Waals surface area contributed by atoms with E-state index in [1.807, 2.05) is 60.7 Å². The molecular formula is C21H22N4O. The first kappa shape index (κ1) is 17.5. The van der Waals surface area contributed by atoms with Crippen molar-refractivity contribution in [3.63, 3.8) is 0 Å². The number of anilines is 1. The van der Waals surface area contributed by atoms with Gasteiger partial charge in [-0.2, -0.15) is 0 Å². The molecule has 0 amide bonds. The van der Waals surface area contributed by atoms with Gasteiger partial charge in [0, 0.05) is 18.0 Å². The summed E-state index contributed by atoms with van der Waals surface area (Å²) < 4.78 is 5.85. The summed E-state index contributed by atoms with van der Waals surface area (Å²) >= 11 is 0. The molecule has 132 valence electrons. The van der Waals surface area contributed by atoms with Gasteiger partial charge in [-0.3, -0.25) is 0 Å². The largest absolute Gasteiger partial charge is 0.439 e. The minimum Gasteiger partial charge on any atom is -0.439 e. The van der Waals surface area contributed by atoms with Crippen LogP contribution in [0.25, 0.3) is 0 Å². The second-order valence-electron chi connectivity index (χ2n) is 6.04. The first-order valence-electron chi connectivity index (χ1n) is 8.42. The lowest BCUT2D eigenvalue weighted by Gasteiger charge is -2.08. The predicted molar refractivity (Wildman–Crippen MR) is 106 cm³/mol. The van der Waals surface area contributed by atoms with E-state index in [-0.39, 0.29) is 0 Å². The van der Waals surface area contributed by atoms with Crippen molar-refractivity contribution in [2.45, 2.75) is 20.4 Å². The molecular weight excluding hydrogens is 324 g/mol. The maximum absolute atomic E-state index is 5.94. The molecule has 1 heterocycles. The van der Waals surface area contributed by atoms with Crippen molar-refractivity contribution in [2.75, 3.05) is 5.32 Å². The Hall–Kier alpha value is -3.34. The van der Waals surface area contributed by atoms with E-state index in [2.05, 4.69) is 29.1 Å². The van der Waals surface area contributed by atoms with E-state index < -0.39 is 0 Å². The van der Waals surface area contributed by atoms with Crippen LogP contribution in [0, 0.1) is 13.8 Å². The highest BCUT2D eigenvalue weighted by Gasteiger charge is 2.03. The molecule has 5 nitrogen and oxygen atoms in total. The Bertz CT molecular complexity index is 907. The van der Waals surface area contributed by atoms with Crippen LogP contribution in [-0.2, 0) is 6.54 Å². The van der Waals surface area contributed by atoms with Gasteiger partial charge in [-0.05, 0) is 60.9 Å². The molecule has 3 N–H and O–H groups in total. The van der Waals surface area contributed by atoms with Crippen LogP contribution in [0.1, 0.15) is 16.7 Å². The summed E-state index contributed by atoms with van der Waals surface area (Å²) in [4.78, 5) is 8.63. The van der Waals surface area contributed by atoms with Crippen molar-refractivity contribution in [3.8, 4) is 11.6 Å². The molecule has 26 heavy (non-hydrogen) atoms. The minimum atomic E-state index is 0.365. The number of aromatic nitrogens is 1. The van der Waals surface area contributed by atoms with Gasteiger partial charge in [0.25, 0.3) is 0 Å². The van der Waals surface area contributed by atoms with Crippen molar-refractivity contribution < 1.29 is 4.74 Å². The molecule has 0 fully saturated rings. The standard InChI is InChI=1S/C21H22N4O/c1-15-8-9-19(12-16(15)2)26-20-13-17(10-11-23-20)14-24-21(22)25-18-6-4-3-5-7-18/h3-13H,14H2,1-2H3,(H3,22,24,25). The topological polar surface area (TPSA) is 72.5 Å². The zero-order chi connectivity index (χ0) is 18.4. The summed E-state index contributed by atoms with van der Waals surface area (Å²) in [5, 5.41) is 3.06. The number of rotatable bonds is 5. The normalized spacial score (nSPS) is 11.2. The van der Waals surface area contributed by atoms with Crippen LogP contribution in [0.3, 0.4) is 0 Å². The van der Waals surface area contributed by atoms with Crippen molar-refractivity contribution in [2.24, 2.45) is 10.7 Å². The van der Waals surface area contributed by atoms with Crippen LogP contribution in [-0.4, -0.2) is 10.9 Å². The summed E-state index contributed by atoms with van der Waals surface area (Å²) in [6.45, 7) is 4.57. The van der Waals surface area contributed by atoms with Crippen LogP contribution in [0.2, 0.25) is 0 Å². The summed E-state index contributed by atoms with van der Waals surface area (Å²) in [5.41, 5.74) is 10.2. The lowest BCUT2D eigenvalue weighted by atomic mass is 10.1. The highest BCUT2D eigenvalue weighted by atomic mass is 16.5. The SMILES string of the molecule is Cc1ccc(Oc2cc(CN=C(N)Nc3ccccc3)ccn2)cc1C. The number of guanidine groups is 1. The maximum atomic E-state index is 5.94. The number of benzene rings is 2. The average molecular weight is 346 g/mol. The molecule has 0 aliphatic carbocycles. The summed E-state index contributed by atoms with van der Waals surface area (Å²) in [6, 6.07) is 19.4. The minimum absolute atomic E-state index is 0.365. The number of pyridine rings is 1.